The van der Waals surface area contributed by atoms with Gasteiger partial charge in [0, 0.05) is 19.3 Å². The largest absolute Gasteiger partial charge is 0.338 e. The number of benzene rings is 1. The molecular formula is C16H21ClN4O. The molecular weight excluding hydrogens is 300 g/mol. The minimum Gasteiger partial charge on any atom is -0.338 e. The Morgan fingerprint density at radius 2 is 2.09 bits per heavy atom. The van der Waals surface area contributed by atoms with Crippen molar-refractivity contribution >= 4 is 18.3 Å². The fourth-order valence-corrected chi connectivity index (χ4v) is 2.78. The molecule has 1 aliphatic rings. The molecule has 3 rings (SSSR count). The lowest BCUT2D eigenvalue weighted by molar-refractivity contribution is 0.0678. The van der Waals surface area contributed by atoms with Crippen LogP contribution in [0.2, 0.25) is 0 Å². The molecule has 1 aromatic carbocycles. The first-order chi connectivity index (χ1) is 10.3. The summed E-state index contributed by atoms with van der Waals surface area (Å²) in [7, 11) is 0. The lowest BCUT2D eigenvalue weighted by Crippen LogP contribution is -2.41. The number of halogens is 1. The van der Waals surface area contributed by atoms with E-state index in [1.54, 1.807) is 17.1 Å². The number of rotatable bonds is 3. The first kappa shape index (κ1) is 16.5. The van der Waals surface area contributed by atoms with Crippen molar-refractivity contribution in [2.24, 2.45) is 11.7 Å². The van der Waals surface area contributed by atoms with Gasteiger partial charge in [-0.2, -0.15) is 5.10 Å². The van der Waals surface area contributed by atoms with Crippen LogP contribution < -0.4 is 5.73 Å². The second kappa shape index (κ2) is 7.42. The van der Waals surface area contributed by atoms with Crippen molar-refractivity contribution in [3.8, 4) is 5.69 Å². The van der Waals surface area contributed by atoms with Crippen LogP contribution >= 0.6 is 12.4 Å². The number of nitrogens with zero attached hydrogens (tertiary/aromatic N) is 3. The van der Waals surface area contributed by atoms with Gasteiger partial charge in [0.15, 0.2) is 0 Å². The molecule has 0 radical (unpaired) electrons. The maximum Gasteiger partial charge on any atom is 0.257 e. The molecule has 2 heterocycles. The van der Waals surface area contributed by atoms with E-state index in [1.807, 2.05) is 35.2 Å². The summed E-state index contributed by atoms with van der Waals surface area (Å²) in [4.78, 5) is 14.4. The predicted molar refractivity (Wildman–Crippen MR) is 88.5 cm³/mol. The van der Waals surface area contributed by atoms with E-state index in [0.717, 1.165) is 31.6 Å². The molecule has 1 atom stereocenters. The first-order valence-electron chi connectivity index (χ1n) is 7.37. The van der Waals surface area contributed by atoms with Crippen molar-refractivity contribution in [1.29, 1.82) is 0 Å². The van der Waals surface area contributed by atoms with Gasteiger partial charge in [0.2, 0.25) is 0 Å². The molecule has 0 aliphatic carbocycles. The predicted octanol–water partition coefficient (Wildman–Crippen LogP) is 2.10. The van der Waals surface area contributed by atoms with E-state index >= 15 is 0 Å². The van der Waals surface area contributed by atoms with Gasteiger partial charge in [-0.15, -0.1) is 12.4 Å². The van der Waals surface area contributed by atoms with Crippen LogP contribution in [0.5, 0.6) is 0 Å². The molecule has 5 nitrogen and oxygen atoms in total. The van der Waals surface area contributed by atoms with Gasteiger partial charge in [-0.25, -0.2) is 4.68 Å². The van der Waals surface area contributed by atoms with Gasteiger partial charge in [-0.1, -0.05) is 18.2 Å². The molecule has 6 heteroatoms. The Morgan fingerprint density at radius 1 is 1.32 bits per heavy atom. The van der Waals surface area contributed by atoms with Crippen molar-refractivity contribution in [2.75, 3.05) is 19.6 Å². The fourth-order valence-electron chi connectivity index (χ4n) is 2.78. The molecule has 0 bridgehead atoms. The number of carbonyl (C=O) groups excluding carboxylic acids is 1. The van der Waals surface area contributed by atoms with Crippen LogP contribution in [-0.2, 0) is 0 Å². The Balaban J connectivity index is 0.00000176. The molecule has 2 N–H and O–H groups in total. The molecule has 1 aliphatic heterocycles. The second-order valence-corrected chi connectivity index (χ2v) is 5.50. The minimum atomic E-state index is 0. The third-order valence-corrected chi connectivity index (χ3v) is 3.99. The van der Waals surface area contributed by atoms with Crippen LogP contribution in [0.4, 0.5) is 0 Å². The fraction of sp³-hybridized carbons (Fsp3) is 0.375. The van der Waals surface area contributed by atoms with Crippen molar-refractivity contribution in [1.82, 2.24) is 14.7 Å². The highest BCUT2D eigenvalue weighted by Gasteiger charge is 2.24. The van der Waals surface area contributed by atoms with E-state index in [2.05, 4.69) is 5.10 Å². The van der Waals surface area contributed by atoms with Gasteiger partial charge in [-0.3, -0.25) is 4.79 Å². The quantitative estimate of drug-likeness (QED) is 0.942. The first-order valence-corrected chi connectivity index (χ1v) is 7.37. The number of aromatic nitrogens is 2. The number of nitrogens with two attached hydrogens (primary N) is 1. The zero-order valence-electron chi connectivity index (χ0n) is 12.4. The highest BCUT2D eigenvalue weighted by molar-refractivity contribution is 5.93. The molecule has 118 valence electrons. The molecule has 0 spiro atoms. The number of amides is 1. The van der Waals surface area contributed by atoms with E-state index < -0.39 is 0 Å². The van der Waals surface area contributed by atoms with E-state index in [-0.39, 0.29) is 18.3 Å². The summed E-state index contributed by atoms with van der Waals surface area (Å²) in [5, 5.41) is 4.29. The van der Waals surface area contributed by atoms with Gasteiger partial charge < -0.3 is 10.6 Å². The smallest absolute Gasteiger partial charge is 0.257 e. The average Bonchev–Trinajstić information content (AvgIpc) is 3.05. The Hall–Kier alpha value is -1.85. The Morgan fingerprint density at radius 3 is 2.82 bits per heavy atom. The maximum atomic E-state index is 12.5. The topological polar surface area (TPSA) is 64.2 Å². The third-order valence-electron chi connectivity index (χ3n) is 3.99. The lowest BCUT2D eigenvalue weighted by atomic mass is 9.98. The van der Waals surface area contributed by atoms with E-state index in [0.29, 0.717) is 18.0 Å². The number of piperidine rings is 1. The van der Waals surface area contributed by atoms with E-state index in [4.69, 9.17) is 5.73 Å². The number of carbonyl (C=O) groups is 1. The second-order valence-electron chi connectivity index (χ2n) is 5.50. The zero-order chi connectivity index (χ0) is 14.7. The monoisotopic (exact) mass is 320 g/mol. The van der Waals surface area contributed by atoms with Gasteiger partial charge >= 0.3 is 0 Å². The summed E-state index contributed by atoms with van der Waals surface area (Å²) in [6.07, 6.45) is 5.58. The molecule has 1 amide bonds. The minimum absolute atomic E-state index is 0. The van der Waals surface area contributed by atoms with Gasteiger partial charge in [-0.05, 0) is 37.4 Å². The lowest BCUT2D eigenvalue weighted by Gasteiger charge is -2.31. The molecule has 22 heavy (non-hydrogen) atoms. The van der Waals surface area contributed by atoms with Crippen molar-refractivity contribution in [3.05, 3.63) is 48.3 Å². The third kappa shape index (κ3) is 3.48. The highest BCUT2D eigenvalue weighted by atomic mass is 35.5. The molecule has 1 fully saturated rings. The molecule has 1 aromatic heterocycles. The normalized spacial score (nSPS) is 17.9. The van der Waals surface area contributed by atoms with Crippen LogP contribution in [0.1, 0.15) is 23.2 Å². The number of para-hydroxylation sites is 1. The van der Waals surface area contributed by atoms with Gasteiger partial charge in [0.1, 0.15) is 0 Å². The molecule has 1 unspecified atom stereocenters. The van der Waals surface area contributed by atoms with Crippen molar-refractivity contribution in [2.45, 2.75) is 12.8 Å². The Bertz CT molecular complexity index is 614. The van der Waals surface area contributed by atoms with Gasteiger partial charge in [0.05, 0.1) is 17.4 Å². The Labute approximate surface area is 136 Å². The Kier molecular flexibility index (Phi) is 5.57. The average molecular weight is 321 g/mol. The SMILES string of the molecule is Cl.NCC1CCCN(C(=O)c2cnn(-c3ccccc3)c2)C1. The van der Waals surface area contributed by atoms with Crippen LogP contribution in [0.15, 0.2) is 42.7 Å². The van der Waals surface area contributed by atoms with Crippen LogP contribution in [0.25, 0.3) is 5.69 Å². The number of likely N-dealkylation sites (tertiary alicyclic amines) is 1. The summed E-state index contributed by atoms with van der Waals surface area (Å²) in [6, 6.07) is 9.79. The van der Waals surface area contributed by atoms with E-state index in [9.17, 15) is 4.79 Å². The van der Waals surface area contributed by atoms with Crippen molar-refractivity contribution in [3.63, 3.8) is 0 Å². The summed E-state index contributed by atoms with van der Waals surface area (Å²) in [5.74, 6) is 0.474. The van der Waals surface area contributed by atoms with Gasteiger partial charge in [0.25, 0.3) is 5.91 Å². The zero-order valence-corrected chi connectivity index (χ0v) is 13.2. The summed E-state index contributed by atoms with van der Waals surface area (Å²) < 4.78 is 1.73. The summed E-state index contributed by atoms with van der Waals surface area (Å²) >= 11 is 0. The maximum absolute atomic E-state index is 12.5. The molecule has 2 aromatic rings. The number of hydrogen-bond acceptors (Lipinski definition) is 3. The summed E-state index contributed by atoms with van der Waals surface area (Å²) in [6.45, 7) is 2.21. The standard InChI is InChI=1S/C16H20N4O.ClH/c17-9-13-5-4-8-19(11-13)16(21)14-10-18-20(12-14)15-6-2-1-3-7-15;/h1-3,6-7,10,12-13H,4-5,8-9,11,17H2;1H. The molecule has 0 saturated carbocycles. The summed E-state index contributed by atoms with van der Waals surface area (Å²) in [5.41, 5.74) is 7.32. The number of hydrogen-bond donors (Lipinski definition) is 1. The van der Waals surface area contributed by atoms with Crippen LogP contribution in [0.3, 0.4) is 0 Å². The molecule has 1 saturated heterocycles. The van der Waals surface area contributed by atoms with Crippen LogP contribution in [0, 0.1) is 5.92 Å². The van der Waals surface area contributed by atoms with E-state index in [1.165, 1.54) is 0 Å². The van der Waals surface area contributed by atoms with Crippen molar-refractivity contribution < 1.29 is 4.79 Å². The van der Waals surface area contributed by atoms with Crippen LogP contribution in [-0.4, -0.2) is 40.2 Å². The highest BCUT2D eigenvalue weighted by Crippen LogP contribution is 2.18.